The number of hydrogen-bond donors (Lipinski definition) is 4. The number of carbonyl (C=O) groups excluding carboxylic acids is 1. The van der Waals surface area contributed by atoms with Gasteiger partial charge in [0.15, 0.2) is 5.82 Å². The summed E-state index contributed by atoms with van der Waals surface area (Å²) in [5, 5.41) is 27.1. The minimum absolute atomic E-state index is 0.0741. The van der Waals surface area contributed by atoms with Crippen LogP contribution in [0.2, 0.25) is 0 Å². The monoisotopic (exact) mass is 284 g/mol. The summed E-state index contributed by atoms with van der Waals surface area (Å²) in [5.41, 5.74) is -0.119. The number of H-pyrrole nitrogens is 1. The zero-order valence-corrected chi connectivity index (χ0v) is 11.8. The number of aliphatic carboxylic acids is 1. The second-order valence-electron chi connectivity index (χ2n) is 5.69. The summed E-state index contributed by atoms with van der Waals surface area (Å²) in [6.07, 6.45) is 0.480. The van der Waals surface area contributed by atoms with Crippen LogP contribution in [0, 0.1) is 11.3 Å². The van der Waals surface area contributed by atoms with Crippen LogP contribution in [0.5, 0.6) is 0 Å². The minimum atomic E-state index is -0.918. The van der Waals surface area contributed by atoms with Crippen LogP contribution in [0.25, 0.3) is 0 Å². The van der Waals surface area contributed by atoms with Crippen molar-refractivity contribution >= 4 is 12.0 Å². The molecule has 1 atom stereocenters. The average molecular weight is 284 g/mol. The van der Waals surface area contributed by atoms with E-state index in [1.165, 1.54) is 0 Å². The zero-order chi connectivity index (χ0) is 15.2. The second kappa shape index (κ2) is 6.83. The Bertz CT molecular complexity index is 440. The number of carbonyl (C=O) groups is 2. The first-order valence-corrected chi connectivity index (χ1v) is 6.25. The number of rotatable bonds is 6. The lowest BCUT2D eigenvalue weighted by Crippen LogP contribution is -2.40. The van der Waals surface area contributed by atoms with E-state index in [1.807, 2.05) is 20.8 Å². The number of amides is 2. The van der Waals surface area contributed by atoms with E-state index in [1.54, 1.807) is 0 Å². The molecule has 2 amide bonds. The SMILES string of the molecule is CC(C)(C)CC(CNC(=O)NCc1nn[nH]n1)C(=O)O. The van der Waals surface area contributed by atoms with E-state index in [9.17, 15) is 9.59 Å². The summed E-state index contributed by atoms with van der Waals surface area (Å²) >= 11 is 0. The molecule has 9 nitrogen and oxygen atoms in total. The van der Waals surface area contributed by atoms with Crippen molar-refractivity contribution in [2.75, 3.05) is 6.54 Å². The number of aromatic nitrogens is 4. The smallest absolute Gasteiger partial charge is 0.315 e. The Kier molecular flexibility index (Phi) is 5.42. The van der Waals surface area contributed by atoms with E-state index >= 15 is 0 Å². The Balaban J connectivity index is 2.35. The predicted octanol–water partition coefficient (Wildman–Crippen LogP) is 0.136. The molecule has 0 fully saturated rings. The van der Waals surface area contributed by atoms with E-state index in [0.29, 0.717) is 12.2 Å². The van der Waals surface area contributed by atoms with Gasteiger partial charge in [-0.05, 0) is 11.8 Å². The number of carboxylic acids is 1. The quantitative estimate of drug-likeness (QED) is 0.587. The van der Waals surface area contributed by atoms with Crippen molar-refractivity contribution in [3.63, 3.8) is 0 Å². The van der Waals surface area contributed by atoms with Gasteiger partial charge >= 0.3 is 12.0 Å². The van der Waals surface area contributed by atoms with Crippen LogP contribution in [0.1, 0.15) is 33.0 Å². The van der Waals surface area contributed by atoms with Crippen molar-refractivity contribution in [3.8, 4) is 0 Å². The molecule has 0 spiro atoms. The summed E-state index contributed by atoms with van der Waals surface area (Å²) in [5.74, 6) is -1.19. The fourth-order valence-corrected chi connectivity index (χ4v) is 1.68. The average Bonchev–Trinajstić information content (AvgIpc) is 2.83. The third-order valence-corrected chi connectivity index (χ3v) is 2.51. The van der Waals surface area contributed by atoms with Gasteiger partial charge < -0.3 is 15.7 Å². The van der Waals surface area contributed by atoms with Gasteiger partial charge in [-0.15, -0.1) is 10.2 Å². The lowest BCUT2D eigenvalue weighted by Gasteiger charge is -2.23. The van der Waals surface area contributed by atoms with Gasteiger partial charge in [-0.1, -0.05) is 26.0 Å². The highest BCUT2D eigenvalue weighted by Gasteiger charge is 2.24. The molecular weight excluding hydrogens is 264 g/mol. The summed E-state index contributed by atoms with van der Waals surface area (Å²) < 4.78 is 0. The molecule has 20 heavy (non-hydrogen) atoms. The molecule has 0 bridgehead atoms. The van der Waals surface area contributed by atoms with Gasteiger partial charge in [0.1, 0.15) is 0 Å². The van der Waals surface area contributed by atoms with Crippen LogP contribution in [0.3, 0.4) is 0 Å². The fourth-order valence-electron chi connectivity index (χ4n) is 1.68. The molecule has 1 aromatic rings. The number of carboxylic acid groups (broad SMARTS) is 1. The molecule has 9 heteroatoms. The summed E-state index contributed by atoms with van der Waals surface area (Å²) in [4.78, 5) is 22.7. The Hall–Kier alpha value is -2.19. The van der Waals surface area contributed by atoms with Crippen LogP contribution in [-0.2, 0) is 11.3 Å². The van der Waals surface area contributed by atoms with Gasteiger partial charge in [-0.3, -0.25) is 4.79 Å². The number of hydrogen-bond acceptors (Lipinski definition) is 5. The van der Waals surface area contributed by atoms with Crippen LogP contribution in [-0.4, -0.2) is 44.3 Å². The van der Waals surface area contributed by atoms with Crippen molar-refractivity contribution in [1.82, 2.24) is 31.3 Å². The molecule has 0 radical (unpaired) electrons. The third-order valence-electron chi connectivity index (χ3n) is 2.51. The normalized spacial score (nSPS) is 12.8. The summed E-state index contributed by atoms with van der Waals surface area (Å²) in [7, 11) is 0. The first kappa shape index (κ1) is 15.9. The standard InChI is InChI=1S/C11H20N6O3/c1-11(2,3)4-7(9(18)19)5-12-10(20)13-6-8-14-16-17-15-8/h7H,4-6H2,1-3H3,(H,18,19)(H2,12,13,20)(H,14,15,16,17). The number of nitrogens with zero attached hydrogens (tertiary/aromatic N) is 3. The molecule has 4 N–H and O–H groups in total. The summed E-state index contributed by atoms with van der Waals surface area (Å²) in [6.45, 7) is 6.07. The van der Waals surface area contributed by atoms with Gasteiger partial charge in [-0.2, -0.15) is 5.21 Å². The van der Waals surface area contributed by atoms with E-state index in [4.69, 9.17) is 5.11 Å². The minimum Gasteiger partial charge on any atom is -0.481 e. The Labute approximate surface area is 116 Å². The van der Waals surface area contributed by atoms with E-state index in [0.717, 1.165) is 0 Å². The van der Waals surface area contributed by atoms with Crippen molar-refractivity contribution in [3.05, 3.63) is 5.82 Å². The summed E-state index contributed by atoms with van der Waals surface area (Å²) in [6, 6.07) is -0.463. The number of aromatic amines is 1. The highest BCUT2D eigenvalue weighted by atomic mass is 16.4. The van der Waals surface area contributed by atoms with Crippen LogP contribution >= 0.6 is 0 Å². The second-order valence-corrected chi connectivity index (χ2v) is 5.69. The molecule has 1 unspecified atom stereocenters. The topological polar surface area (TPSA) is 133 Å². The van der Waals surface area contributed by atoms with Gasteiger partial charge in [0.05, 0.1) is 12.5 Å². The molecule has 1 heterocycles. The van der Waals surface area contributed by atoms with E-state index < -0.39 is 17.9 Å². The van der Waals surface area contributed by atoms with Crippen molar-refractivity contribution < 1.29 is 14.7 Å². The largest absolute Gasteiger partial charge is 0.481 e. The molecule has 0 aliphatic heterocycles. The maximum Gasteiger partial charge on any atom is 0.315 e. The Morgan fingerprint density at radius 1 is 1.35 bits per heavy atom. The van der Waals surface area contributed by atoms with Crippen LogP contribution in [0.4, 0.5) is 4.79 Å². The molecular formula is C11H20N6O3. The lowest BCUT2D eigenvalue weighted by molar-refractivity contribution is -0.142. The van der Waals surface area contributed by atoms with Crippen molar-refractivity contribution in [1.29, 1.82) is 0 Å². The number of nitrogens with one attached hydrogen (secondary N) is 3. The molecule has 0 saturated carbocycles. The zero-order valence-electron chi connectivity index (χ0n) is 11.8. The molecule has 0 aromatic carbocycles. The van der Waals surface area contributed by atoms with Crippen LogP contribution in [0.15, 0.2) is 0 Å². The first-order chi connectivity index (χ1) is 9.28. The van der Waals surface area contributed by atoms with Gasteiger partial charge in [0.25, 0.3) is 0 Å². The van der Waals surface area contributed by atoms with Gasteiger partial charge in [0, 0.05) is 6.54 Å². The van der Waals surface area contributed by atoms with Gasteiger partial charge in [-0.25, -0.2) is 4.79 Å². The Morgan fingerprint density at radius 2 is 2.05 bits per heavy atom. The number of tetrazole rings is 1. The van der Waals surface area contributed by atoms with Gasteiger partial charge in [0.2, 0.25) is 0 Å². The van der Waals surface area contributed by atoms with Crippen molar-refractivity contribution in [2.45, 2.75) is 33.7 Å². The maximum atomic E-state index is 11.5. The fraction of sp³-hybridized carbons (Fsp3) is 0.727. The highest BCUT2D eigenvalue weighted by molar-refractivity contribution is 5.75. The van der Waals surface area contributed by atoms with E-state index in [2.05, 4.69) is 31.3 Å². The molecule has 0 saturated heterocycles. The molecule has 1 rings (SSSR count). The van der Waals surface area contributed by atoms with Crippen molar-refractivity contribution in [2.24, 2.45) is 11.3 Å². The predicted molar refractivity (Wildman–Crippen MR) is 69.6 cm³/mol. The third kappa shape index (κ3) is 6.12. The van der Waals surface area contributed by atoms with E-state index in [-0.39, 0.29) is 18.5 Å². The molecule has 112 valence electrons. The highest BCUT2D eigenvalue weighted by Crippen LogP contribution is 2.24. The molecule has 1 aromatic heterocycles. The first-order valence-electron chi connectivity index (χ1n) is 6.25. The van der Waals surface area contributed by atoms with Crippen LogP contribution < -0.4 is 10.6 Å². The maximum absolute atomic E-state index is 11.5. The molecule has 0 aliphatic carbocycles. The molecule has 0 aliphatic rings. The Morgan fingerprint density at radius 3 is 2.55 bits per heavy atom. The number of urea groups is 1. The lowest BCUT2D eigenvalue weighted by atomic mass is 9.84.